The molecule has 1 aromatic carbocycles. The summed E-state index contributed by atoms with van der Waals surface area (Å²) in [6.45, 7) is 11.1. The summed E-state index contributed by atoms with van der Waals surface area (Å²) in [5, 5.41) is 2.02. The largest absolute Gasteiger partial charge is 0.363 e. The lowest BCUT2D eigenvalue weighted by atomic mass is 9.71. The van der Waals surface area contributed by atoms with Crippen LogP contribution in [0.15, 0.2) is 30.3 Å². The number of hydrogen-bond donors (Lipinski definition) is 0. The van der Waals surface area contributed by atoms with Crippen molar-refractivity contribution in [1.29, 1.82) is 0 Å². The standard InChI is InChI=1S/C19H29NO2/c1-6-18(4)14-13-15(3)19(5,7-2)20(18)22-17(21)16-11-9-8-10-12-16/h8-12,15H,6-7,13-14H2,1-5H3. The molecule has 3 atom stereocenters. The van der Waals surface area contributed by atoms with Crippen molar-refractivity contribution in [3.8, 4) is 0 Å². The molecule has 0 saturated carbocycles. The molecular formula is C19H29NO2. The first kappa shape index (κ1) is 17.0. The molecular weight excluding hydrogens is 274 g/mol. The lowest BCUT2D eigenvalue weighted by Crippen LogP contribution is -2.64. The zero-order valence-corrected chi connectivity index (χ0v) is 14.6. The number of carbonyl (C=O) groups excluding carboxylic acids is 1. The van der Waals surface area contributed by atoms with Crippen LogP contribution in [0.2, 0.25) is 0 Å². The van der Waals surface area contributed by atoms with Gasteiger partial charge in [0.15, 0.2) is 0 Å². The summed E-state index contributed by atoms with van der Waals surface area (Å²) in [5.41, 5.74) is 0.396. The minimum atomic E-state index is -0.256. The second kappa shape index (κ2) is 6.41. The monoisotopic (exact) mass is 303 g/mol. The maximum Gasteiger partial charge on any atom is 0.357 e. The number of nitrogens with zero attached hydrogens (tertiary/aromatic N) is 1. The van der Waals surface area contributed by atoms with Gasteiger partial charge in [0.2, 0.25) is 0 Å². The molecule has 0 radical (unpaired) electrons. The highest BCUT2D eigenvalue weighted by atomic mass is 16.7. The van der Waals surface area contributed by atoms with Gasteiger partial charge in [-0.25, -0.2) is 4.79 Å². The van der Waals surface area contributed by atoms with E-state index in [1.807, 2.05) is 35.4 Å². The van der Waals surface area contributed by atoms with E-state index in [1.54, 1.807) is 0 Å². The van der Waals surface area contributed by atoms with Gasteiger partial charge in [-0.2, -0.15) is 0 Å². The van der Waals surface area contributed by atoms with Gasteiger partial charge >= 0.3 is 5.97 Å². The fraction of sp³-hybridized carbons (Fsp3) is 0.632. The zero-order valence-electron chi connectivity index (χ0n) is 14.6. The maximum atomic E-state index is 12.6. The Morgan fingerprint density at radius 2 is 1.86 bits per heavy atom. The summed E-state index contributed by atoms with van der Waals surface area (Å²) >= 11 is 0. The highest BCUT2D eigenvalue weighted by Crippen LogP contribution is 2.45. The van der Waals surface area contributed by atoms with E-state index < -0.39 is 0 Å². The second-order valence-electron chi connectivity index (χ2n) is 7.04. The summed E-state index contributed by atoms with van der Waals surface area (Å²) in [5.74, 6) is 0.245. The van der Waals surface area contributed by atoms with Gasteiger partial charge < -0.3 is 4.84 Å². The van der Waals surface area contributed by atoms with E-state index in [9.17, 15) is 4.79 Å². The number of carbonyl (C=O) groups is 1. The molecule has 1 aliphatic rings. The number of rotatable bonds is 4. The van der Waals surface area contributed by atoms with E-state index in [-0.39, 0.29) is 17.0 Å². The Balaban J connectivity index is 2.31. The van der Waals surface area contributed by atoms with Crippen molar-refractivity contribution >= 4 is 5.97 Å². The van der Waals surface area contributed by atoms with E-state index in [0.717, 1.165) is 19.3 Å². The average molecular weight is 303 g/mol. The van der Waals surface area contributed by atoms with E-state index >= 15 is 0 Å². The molecule has 0 amide bonds. The van der Waals surface area contributed by atoms with Gasteiger partial charge in [-0.15, -0.1) is 5.06 Å². The molecule has 0 bridgehead atoms. The molecule has 2 rings (SSSR count). The van der Waals surface area contributed by atoms with E-state index in [4.69, 9.17) is 4.84 Å². The molecule has 0 aliphatic carbocycles. The predicted molar refractivity (Wildman–Crippen MR) is 89.5 cm³/mol. The summed E-state index contributed by atoms with van der Waals surface area (Å²) in [6.07, 6.45) is 4.17. The van der Waals surface area contributed by atoms with Crippen molar-refractivity contribution in [1.82, 2.24) is 5.06 Å². The van der Waals surface area contributed by atoms with Gasteiger partial charge in [-0.1, -0.05) is 39.0 Å². The van der Waals surface area contributed by atoms with Gasteiger partial charge in [0.25, 0.3) is 0 Å². The number of hydrogen-bond acceptors (Lipinski definition) is 3. The average Bonchev–Trinajstić information content (AvgIpc) is 2.56. The van der Waals surface area contributed by atoms with Crippen molar-refractivity contribution in [2.45, 2.75) is 71.4 Å². The third kappa shape index (κ3) is 2.91. The van der Waals surface area contributed by atoms with Crippen molar-refractivity contribution in [2.24, 2.45) is 5.92 Å². The van der Waals surface area contributed by atoms with Crippen molar-refractivity contribution in [2.75, 3.05) is 0 Å². The van der Waals surface area contributed by atoms with E-state index in [0.29, 0.717) is 11.5 Å². The van der Waals surface area contributed by atoms with Crippen LogP contribution in [-0.4, -0.2) is 22.1 Å². The van der Waals surface area contributed by atoms with E-state index in [2.05, 4.69) is 34.6 Å². The first-order valence-electron chi connectivity index (χ1n) is 8.45. The predicted octanol–water partition coefficient (Wildman–Crippen LogP) is 4.83. The summed E-state index contributed by atoms with van der Waals surface area (Å²) < 4.78 is 0. The van der Waals surface area contributed by atoms with Crippen LogP contribution < -0.4 is 0 Å². The first-order valence-corrected chi connectivity index (χ1v) is 8.45. The van der Waals surface area contributed by atoms with Crippen LogP contribution in [0.3, 0.4) is 0 Å². The van der Waals surface area contributed by atoms with Crippen LogP contribution >= 0.6 is 0 Å². The molecule has 1 aromatic rings. The van der Waals surface area contributed by atoms with Crippen LogP contribution in [0, 0.1) is 5.92 Å². The van der Waals surface area contributed by atoms with Crippen LogP contribution in [0.1, 0.15) is 70.7 Å². The number of benzene rings is 1. The fourth-order valence-electron chi connectivity index (χ4n) is 3.49. The van der Waals surface area contributed by atoms with Gasteiger partial charge in [0.05, 0.1) is 16.6 Å². The number of piperidine rings is 1. The van der Waals surface area contributed by atoms with Gasteiger partial charge in [0.1, 0.15) is 0 Å². The molecule has 1 aliphatic heterocycles. The van der Waals surface area contributed by atoms with Gasteiger partial charge in [-0.05, 0) is 57.6 Å². The van der Waals surface area contributed by atoms with Crippen molar-refractivity contribution in [3.63, 3.8) is 0 Å². The quantitative estimate of drug-likeness (QED) is 0.798. The first-order chi connectivity index (χ1) is 10.4. The lowest BCUT2D eigenvalue weighted by molar-refractivity contribution is -0.266. The van der Waals surface area contributed by atoms with Crippen LogP contribution in [-0.2, 0) is 4.84 Å². The topological polar surface area (TPSA) is 29.5 Å². The molecule has 3 nitrogen and oxygen atoms in total. The Morgan fingerprint density at radius 1 is 1.23 bits per heavy atom. The van der Waals surface area contributed by atoms with Crippen LogP contribution in [0.5, 0.6) is 0 Å². The van der Waals surface area contributed by atoms with Crippen molar-refractivity contribution in [3.05, 3.63) is 35.9 Å². The molecule has 0 N–H and O–H groups in total. The summed E-state index contributed by atoms with van der Waals surface area (Å²) in [6, 6.07) is 9.26. The van der Waals surface area contributed by atoms with Gasteiger partial charge in [0, 0.05) is 0 Å². The molecule has 1 saturated heterocycles. The second-order valence-corrected chi connectivity index (χ2v) is 7.04. The summed E-state index contributed by atoms with van der Waals surface area (Å²) in [7, 11) is 0. The van der Waals surface area contributed by atoms with Crippen molar-refractivity contribution < 1.29 is 9.63 Å². The van der Waals surface area contributed by atoms with E-state index in [1.165, 1.54) is 6.42 Å². The molecule has 3 heteroatoms. The lowest BCUT2D eigenvalue weighted by Gasteiger charge is -2.55. The molecule has 3 unspecified atom stereocenters. The molecule has 0 spiro atoms. The SMILES string of the molecule is CCC1(C)CCC(C)C(C)(CC)N1OC(=O)c1ccccc1. The Bertz CT molecular complexity index is 515. The maximum absolute atomic E-state index is 12.6. The minimum absolute atomic E-state index is 0.0955. The third-order valence-electron chi connectivity index (χ3n) is 5.79. The molecule has 122 valence electrons. The fourth-order valence-corrected chi connectivity index (χ4v) is 3.49. The highest BCUT2D eigenvalue weighted by molar-refractivity contribution is 5.89. The Hall–Kier alpha value is -1.35. The molecule has 0 aromatic heterocycles. The third-order valence-corrected chi connectivity index (χ3v) is 5.79. The Labute approximate surface area is 134 Å². The molecule has 1 fully saturated rings. The number of hydroxylamine groups is 2. The van der Waals surface area contributed by atoms with Gasteiger partial charge in [-0.3, -0.25) is 0 Å². The van der Waals surface area contributed by atoms with Crippen LogP contribution in [0.25, 0.3) is 0 Å². The highest BCUT2D eigenvalue weighted by Gasteiger charge is 2.51. The molecule has 22 heavy (non-hydrogen) atoms. The minimum Gasteiger partial charge on any atom is -0.363 e. The normalized spacial score (nSPS) is 32.7. The summed E-state index contributed by atoms with van der Waals surface area (Å²) in [4.78, 5) is 18.5. The zero-order chi connectivity index (χ0) is 16.4. The Kier molecular flexibility index (Phi) is 4.96. The Morgan fingerprint density at radius 3 is 2.41 bits per heavy atom. The molecule has 1 heterocycles. The smallest absolute Gasteiger partial charge is 0.357 e. The van der Waals surface area contributed by atoms with Crippen LogP contribution in [0.4, 0.5) is 0 Å².